The van der Waals surface area contributed by atoms with E-state index in [1.165, 1.54) is 5.39 Å². The monoisotopic (exact) mass is 257 g/mol. The van der Waals surface area contributed by atoms with Crippen molar-refractivity contribution in [1.82, 2.24) is 15.0 Å². The molecule has 0 unspecified atom stereocenters. The molecule has 0 aliphatic rings. The lowest BCUT2D eigenvalue weighted by atomic mass is 10.0. The molecule has 3 heteroatoms. The Morgan fingerprint density at radius 1 is 0.700 bits per heavy atom. The van der Waals surface area contributed by atoms with Crippen LogP contribution in [0.3, 0.4) is 0 Å². The molecule has 0 amide bonds. The Kier molecular flexibility index (Phi) is 2.42. The molecule has 0 bridgehead atoms. The summed E-state index contributed by atoms with van der Waals surface area (Å²) in [5.74, 6) is 0. The fraction of sp³-hybridized carbons (Fsp3) is 0. The van der Waals surface area contributed by atoms with Crippen LogP contribution in [0.15, 0.2) is 67.1 Å². The lowest BCUT2D eigenvalue weighted by Gasteiger charge is -2.06. The molecular weight excluding hydrogens is 246 g/mol. The number of pyridine rings is 3. The first-order valence-electron chi connectivity index (χ1n) is 6.47. The standard InChI is InChI=1S/C17H11N3/c1-2-6-15-12(4-1)7-9-18-16(15)14-10-13-5-3-8-19-17(13)20-11-14/h1-11H. The summed E-state index contributed by atoms with van der Waals surface area (Å²) in [6.07, 6.45) is 5.43. The van der Waals surface area contributed by atoms with Gasteiger partial charge in [-0.3, -0.25) is 4.98 Å². The third-order valence-electron chi connectivity index (χ3n) is 3.40. The predicted octanol–water partition coefficient (Wildman–Crippen LogP) is 3.85. The second-order valence-electron chi connectivity index (χ2n) is 4.65. The fourth-order valence-electron chi connectivity index (χ4n) is 2.44. The van der Waals surface area contributed by atoms with Crippen LogP contribution in [0.4, 0.5) is 0 Å². The zero-order chi connectivity index (χ0) is 13.4. The van der Waals surface area contributed by atoms with E-state index >= 15 is 0 Å². The van der Waals surface area contributed by atoms with Crippen molar-refractivity contribution in [2.24, 2.45) is 0 Å². The second kappa shape index (κ2) is 4.38. The first-order valence-corrected chi connectivity index (χ1v) is 6.47. The molecule has 0 fully saturated rings. The van der Waals surface area contributed by atoms with E-state index in [0.29, 0.717) is 0 Å². The molecule has 3 aromatic heterocycles. The zero-order valence-corrected chi connectivity index (χ0v) is 10.7. The van der Waals surface area contributed by atoms with Gasteiger partial charge in [0.1, 0.15) is 0 Å². The number of benzene rings is 1. The minimum atomic E-state index is 0.761. The van der Waals surface area contributed by atoms with Gasteiger partial charge in [0.25, 0.3) is 0 Å². The molecule has 0 saturated carbocycles. The van der Waals surface area contributed by atoms with Crippen LogP contribution in [0, 0.1) is 0 Å². The van der Waals surface area contributed by atoms with Crippen molar-refractivity contribution in [3.63, 3.8) is 0 Å². The van der Waals surface area contributed by atoms with Crippen molar-refractivity contribution in [2.75, 3.05) is 0 Å². The Balaban J connectivity index is 2.01. The van der Waals surface area contributed by atoms with Crippen molar-refractivity contribution in [2.45, 2.75) is 0 Å². The molecule has 4 aromatic rings. The minimum absolute atomic E-state index is 0.761. The molecule has 0 saturated heterocycles. The van der Waals surface area contributed by atoms with Crippen molar-refractivity contribution in [1.29, 1.82) is 0 Å². The van der Waals surface area contributed by atoms with Gasteiger partial charge in [-0.25, -0.2) is 9.97 Å². The number of hydrogen-bond donors (Lipinski definition) is 0. The van der Waals surface area contributed by atoms with E-state index in [4.69, 9.17) is 0 Å². The lowest BCUT2D eigenvalue weighted by Crippen LogP contribution is -1.89. The van der Waals surface area contributed by atoms with Crippen molar-refractivity contribution >= 4 is 21.8 Å². The quantitative estimate of drug-likeness (QED) is 0.520. The third kappa shape index (κ3) is 1.72. The van der Waals surface area contributed by atoms with E-state index in [1.54, 1.807) is 6.20 Å². The molecule has 3 nitrogen and oxygen atoms in total. The molecule has 20 heavy (non-hydrogen) atoms. The summed E-state index contributed by atoms with van der Waals surface area (Å²) in [6.45, 7) is 0. The highest BCUT2D eigenvalue weighted by Gasteiger charge is 2.06. The van der Waals surface area contributed by atoms with Gasteiger partial charge >= 0.3 is 0 Å². The molecule has 0 N–H and O–H groups in total. The summed E-state index contributed by atoms with van der Waals surface area (Å²) in [6, 6.07) is 16.3. The smallest absolute Gasteiger partial charge is 0.159 e. The largest absolute Gasteiger partial charge is 0.256 e. The van der Waals surface area contributed by atoms with Crippen LogP contribution in [0.1, 0.15) is 0 Å². The van der Waals surface area contributed by atoms with E-state index < -0.39 is 0 Å². The van der Waals surface area contributed by atoms with Gasteiger partial charge in [0.15, 0.2) is 5.65 Å². The molecule has 94 valence electrons. The van der Waals surface area contributed by atoms with Crippen molar-refractivity contribution in [3.05, 3.63) is 67.1 Å². The maximum atomic E-state index is 4.52. The van der Waals surface area contributed by atoms with Gasteiger partial charge < -0.3 is 0 Å². The average molecular weight is 257 g/mol. The Labute approximate surface area is 116 Å². The number of nitrogens with zero attached hydrogens (tertiary/aromatic N) is 3. The molecule has 4 rings (SSSR count). The molecule has 0 radical (unpaired) electrons. The summed E-state index contributed by atoms with van der Waals surface area (Å²) in [7, 11) is 0. The topological polar surface area (TPSA) is 38.7 Å². The van der Waals surface area contributed by atoms with Gasteiger partial charge in [0, 0.05) is 34.9 Å². The van der Waals surface area contributed by atoms with E-state index in [0.717, 1.165) is 27.7 Å². The molecule has 0 aliphatic carbocycles. The van der Waals surface area contributed by atoms with Gasteiger partial charge in [-0.05, 0) is 29.7 Å². The minimum Gasteiger partial charge on any atom is -0.256 e. The summed E-state index contributed by atoms with van der Waals surface area (Å²) in [5.41, 5.74) is 2.74. The Morgan fingerprint density at radius 2 is 1.60 bits per heavy atom. The van der Waals surface area contributed by atoms with E-state index in [1.807, 2.05) is 42.7 Å². The van der Waals surface area contributed by atoms with Crippen LogP contribution in [0.5, 0.6) is 0 Å². The van der Waals surface area contributed by atoms with Crippen LogP contribution >= 0.6 is 0 Å². The summed E-state index contributed by atoms with van der Waals surface area (Å²) in [5, 5.41) is 3.35. The Morgan fingerprint density at radius 3 is 2.60 bits per heavy atom. The van der Waals surface area contributed by atoms with Crippen LogP contribution < -0.4 is 0 Å². The number of fused-ring (bicyclic) bond motifs is 2. The van der Waals surface area contributed by atoms with Gasteiger partial charge in [-0.1, -0.05) is 24.3 Å². The highest BCUT2D eigenvalue weighted by Crippen LogP contribution is 2.27. The van der Waals surface area contributed by atoms with Gasteiger partial charge in [-0.15, -0.1) is 0 Å². The maximum Gasteiger partial charge on any atom is 0.159 e. The zero-order valence-electron chi connectivity index (χ0n) is 10.7. The average Bonchev–Trinajstić information content (AvgIpc) is 2.54. The molecular formula is C17H11N3. The van der Waals surface area contributed by atoms with Gasteiger partial charge in [0.2, 0.25) is 0 Å². The van der Waals surface area contributed by atoms with E-state index in [-0.39, 0.29) is 0 Å². The molecule has 0 atom stereocenters. The van der Waals surface area contributed by atoms with Crippen LogP contribution in [0.2, 0.25) is 0 Å². The molecule has 0 spiro atoms. The highest BCUT2D eigenvalue weighted by atomic mass is 14.8. The van der Waals surface area contributed by atoms with Gasteiger partial charge in [0.05, 0.1) is 5.69 Å². The van der Waals surface area contributed by atoms with Crippen molar-refractivity contribution < 1.29 is 0 Å². The van der Waals surface area contributed by atoms with Crippen LogP contribution in [-0.2, 0) is 0 Å². The lowest BCUT2D eigenvalue weighted by molar-refractivity contribution is 1.27. The molecule has 3 heterocycles. The normalized spacial score (nSPS) is 11.0. The SMILES string of the molecule is c1cnc2ncc(-c3nccc4ccccc34)cc2c1. The summed E-state index contributed by atoms with van der Waals surface area (Å²) >= 11 is 0. The highest BCUT2D eigenvalue weighted by molar-refractivity contribution is 5.95. The second-order valence-corrected chi connectivity index (χ2v) is 4.65. The number of rotatable bonds is 1. The van der Waals surface area contributed by atoms with Crippen molar-refractivity contribution in [3.8, 4) is 11.3 Å². The summed E-state index contributed by atoms with van der Waals surface area (Å²) in [4.78, 5) is 13.2. The first kappa shape index (κ1) is 11.1. The number of aromatic nitrogens is 3. The van der Waals surface area contributed by atoms with Crippen LogP contribution in [-0.4, -0.2) is 15.0 Å². The third-order valence-corrected chi connectivity index (χ3v) is 3.40. The molecule has 1 aromatic carbocycles. The number of hydrogen-bond acceptors (Lipinski definition) is 3. The van der Waals surface area contributed by atoms with E-state index in [9.17, 15) is 0 Å². The first-order chi connectivity index (χ1) is 9.92. The predicted molar refractivity (Wildman–Crippen MR) is 80.3 cm³/mol. The maximum absolute atomic E-state index is 4.52. The van der Waals surface area contributed by atoms with Gasteiger partial charge in [-0.2, -0.15) is 0 Å². The Hall–Kier alpha value is -2.81. The van der Waals surface area contributed by atoms with Crippen LogP contribution in [0.25, 0.3) is 33.1 Å². The molecule has 0 aliphatic heterocycles. The Bertz CT molecular complexity index is 910. The fourth-order valence-corrected chi connectivity index (χ4v) is 2.44. The summed E-state index contributed by atoms with van der Waals surface area (Å²) < 4.78 is 0. The van der Waals surface area contributed by atoms with E-state index in [2.05, 4.69) is 33.2 Å².